The van der Waals surface area contributed by atoms with E-state index >= 15 is 0 Å². The Hall–Kier alpha value is -1.35. The van der Waals surface area contributed by atoms with Crippen LogP contribution in [0, 0.1) is 5.92 Å². The van der Waals surface area contributed by atoms with E-state index in [2.05, 4.69) is 28.0 Å². The average Bonchev–Trinajstić information content (AvgIpc) is 2.47. The molecule has 2 aromatic rings. The van der Waals surface area contributed by atoms with Crippen molar-refractivity contribution < 1.29 is 0 Å². The summed E-state index contributed by atoms with van der Waals surface area (Å²) < 4.78 is 0. The Labute approximate surface area is 125 Å². The maximum Gasteiger partial charge on any atom is 0.224 e. The zero-order valence-electron chi connectivity index (χ0n) is 11.8. The van der Waals surface area contributed by atoms with Gasteiger partial charge in [0.05, 0.1) is 5.52 Å². The van der Waals surface area contributed by atoms with Gasteiger partial charge >= 0.3 is 0 Å². The Bertz CT molecular complexity index is 593. The van der Waals surface area contributed by atoms with Crippen molar-refractivity contribution in [2.24, 2.45) is 5.92 Å². The summed E-state index contributed by atoms with van der Waals surface area (Å²) in [6.45, 7) is 1.05. The minimum Gasteiger partial charge on any atom is -0.359 e. The van der Waals surface area contributed by atoms with Crippen molar-refractivity contribution in [2.75, 3.05) is 18.5 Å². The van der Waals surface area contributed by atoms with Crippen LogP contribution in [0.25, 0.3) is 10.9 Å². The fraction of sp³-hybridized carbons (Fsp3) is 0.500. The number of aromatic nitrogens is 2. The minimum atomic E-state index is 0.328. The summed E-state index contributed by atoms with van der Waals surface area (Å²) in [5.41, 5.74) is 0.915. The second-order valence-corrected chi connectivity index (χ2v) is 6.06. The van der Waals surface area contributed by atoms with Crippen LogP contribution in [-0.2, 0) is 0 Å². The summed E-state index contributed by atoms with van der Waals surface area (Å²) in [5.74, 6) is 1.73. The summed E-state index contributed by atoms with van der Waals surface area (Å²) in [4.78, 5) is 11.0. The van der Waals surface area contributed by atoms with Crippen molar-refractivity contribution in [1.82, 2.24) is 9.97 Å². The van der Waals surface area contributed by atoms with Gasteiger partial charge in [0.2, 0.25) is 5.28 Å². The van der Waals surface area contributed by atoms with Crippen LogP contribution in [0.4, 0.5) is 5.82 Å². The van der Waals surface area contributed by atoms with Gasteiger partial charge in [-0.05, 0) is 42.5 Å². The Morgan fingerprint density at radius 1 is 1.15 bits per heavy atom. The molecule has 0 amide bonds. The van der Waals surface area contributed by atoms with Crippen molar-refractivity contribution in [3.05, 3.63) is 29.5 Å². The van der Waals surface area contributed by atoms with Crippen molar-refractivity contribution in [3.63, 3.8) is 0 Å². The number of nitrogens with zero attached hydrogens (tertiary/aromatic N) is 3. The van der Waals surface area contributed by atoms with Gasteiger partial charge in [0.15, 0.2) is 0 Å². The molecule has 1 aromatic carbocycles. The van der Waals surface area contributed by atoms with Crippen molar-refractivity contribution in [3.8, 4) is 0 Å². The van der Waals surface area contributed by atoms with E-state index in [9.17, 15) is 0 Å². The predicted octanol–water partition coefficient (Wildman–Crippen LogP) is 4.30. The zero-order chi connectivity index (χ0) is 13.9. The normalized spacial score (nSPS) is 16.5. The van der Waals surface area contributed by atoms with Gasteiger partial charge in [0.1, 0.15) is 5.82 Å². The molecule has 1 saturated carbocycles. The first-order valence-electron chi connectivity index (χ1n) is 7.37. The second-order valence-electron chi connectivity index (χ2n) is 5.72. The van der Waals surface area contributed by atoms with Crippen LogP contribution in [0.2, 0.25) is 5.28 Å². The fourth-order valence-electron chi connectivity index (χ4n) is 3.17. The molecule has 1 aliphatic carbocycles. The lowest BCUT2D eigenvalue weighted by Crippen LogP contribution is -2.27. The van der Waals surface area contributed by atoms with Crippen molar-refractivity contribution in [1.29, 1.82) is 0 Å². The van der Waals surface area contributed by atoms with Crippen LogP contribution >= 0.6 is 11.6 Å². The lowest BCUT2D eigenvalue weighted by atomic mass is 9.89. The number of hydrogen-bond donors (Lipinski definition) is 0. The van der Waals surface area contributed by atoms with Crippen LogP contribution < -0.4 is 4.90 Å². The highest BCUT2D eigenvalue weighted by molar-refractivity contribution is 6.28. The van der Waals surface area contributed by atoms with Gasteiger partial charge in [-0.2, -0.15) is 4.98 Å². The first-order chi connectivity index (χ1) is 9.74. The topological polar surface area (TPSA) is 29.0 Å². The smallest absolute Gasteiger partial charge is 0.224 e. The van der Waals surface area contributed by atoms with E-state index in [1.54, 1.807) is 0 Å². The molecule has 0 aliphatic heterocycles. The van der Waals surface area contributed by atoms with E-state index < -0.39 is 0 Å². The number of hydrogen-bond acceptors (Lipinski definition) is 3. The van der Waals surface area contributed by atoms with Crippen LogP contribution in [0.5, 0.6) is 0 Å². The Morgan fingerprint density at radius 3 is 2.70 bits per heavy atom. The second kappa shape index (κ2) is 5.96. The SMILES string of the molecule is CN(CC1CCCCC1)c1nc(Cl)nc2ccccc12. The number of para-hydroxylation sites is 1. The van der Waals surface area contributed by atoms with Gasteiger partial charge in [-0.1, -0.05) is 31.4 Å². The van der Waals surface area contributed by atoms with Gasteiger partial charge in [0, 0.05) is 19.0 Å². The van der Waals surface area contributed by atoms with Crippen molar-refractivity contribution >= 4 is 28.3 Å². The Morgan fingerprint density at radius 2 is 1.90 bits per heavy atom. The molecule has 3 nitrogen and oxygen atoms in total. The van der Waals surface area contributed by atoms with Crippen LogP contribution in [-0.4, -0.2) is 23.6 Å². The molecule has 1 heterocycles. The summed E-state index contributed by atoms with van der Waals surface area (Å²) >= 11 is 6.06. The monoisotopic (exact) mass is 289 g/mol. The molecule has 0 unspecified atom stereocenters. The molecular formula is C16H20ClN3. The number of anilines is 1. The van der Waals surface area contributed by atoms with E-state index in [1.165, 1.54) is 32.1 Å². The zero-order valence-corrected chi connectivity index (χ0v) is 12.6. The van der Waals surface area contributed by atoms with Gasteiger partial charge < -0.3 is 4.90 Å². The maximum absolute atomic E-state index is 6.06. The molecule has 1 fully saturated rings. The molecule has 1 aliphatic rings. The summed E-state index contributed by atoms with van der Waals surface area (Å²) in [6, 6.07) is 8.06. The highest BCUT2D eigenvalue weighted by Crippen LogP contribution is 2.28. The predicted molar refractivity (Wildman–Crippen MR) is 84.4 cm³/mol. The Balaban J connectivity index is 1.88. The third-order valence-corrected chi connectivity index (χ3v) is 4.34. The summed E-state index contributed by atoms with van der Waals surface area (Å²) in [6.07, 6.45) is 6.79. The van der Waals surface area contributed by atoms with E-state index in [4.69, 9.17) is 11.6 Å². The third kappa shape index (κ3) is 2.88. The molecule has 0 radical (unpaired) electrons. The standard InChI is InChI=1S/C16H20ClN3/c1-20(11-12-7-3-2-4-8-12)15-13-9-5-6-10-14(13)18-16(17)19-15/h5-6,9-10,12H,2-4,7-8,11H2,1H3. The molecular weight excluding hydrogens is 270 g/mol. The number of rotatable bonds is 3. The van der Waals surface area contributed by atoms with E-state index in [0.717, 1.165) is 29.2 Å². The highest BCUT2D eigenvalue weighted by atomic mass is 35.5. The number of halogens is 1. The van der Waals surface area contributed by atoms with Gasteiger partial charge in [-0.15, -0.1) is 0 Å². The molecule has 3 rings (SSSR count). The van der Waals surface area contributed by atoms with Crippen LogP contribution in [0.1, 0.15) is 32.1 Å². The lowest BCUT2D eigenvalue weighted by molar-refractivity contribution is 0.362. The molecule has 0 spiro atoms. The van der Waals surface area contributed by atoms with E-state index in [-0.39, 0.29) is 0 Å². The minimum absolute atomic E-state index is 0.328. The van der Waals surface area contributed by atoms with Crippen molar-refractivity contribution in [2.45, 2.75) is 32.1 Å². The first-order valence-corrected chi connectivity index (χ1v) is 7.75. The molecule has 106 valence electrons. The molecule has 0 N–H and O–H groups in total. The molecule has 4 heteroatoms. The number of benzene rings is 1. The molecule has 1 aromatic heterocycles. The molecule has 20 heavy (non-hydrogen) atoms. The molecule has 0 saturated heterocycles. The molecule has 0 bridgehead atoms. The van der Waals surface area contributed by atoms with Gasteiger partial charge in [0.25, 0.3) is 0 Å². The summed E-state index contributed by atoms with van der Waals surface area (Å²) in [7, 11) is 2.11. The lowest BCUT2D eigenvalue weighted by Gasteiger charge is -2.28. The first kappa shape index (κ1) is 13.6. The quantitative estimate of drug-likeness (QED) is 0.789. The fourth-order valence-corrected chi connectivity index (χ4v) is 3.34. The Kier molecular flexibility index (Phi) is 4.06. The summed E-state index contributed by atoms with van der Waals surface area (Å²) in [5, 5.41) is 1.41. The van der Waals surface area contributed by atoms with Gasteiger partial charge in [-0.3, -0.25) is 0 Å². The van der Waals surface area contributed by atoms with Crippen LogP contribution in [0.3, 0.4) is 0 Å². The highest BCUT2D eigenvalue weighted by Gasteiger charge is 2.18. The molecule has 0 atom stereocenters. The van der Waals surface area contributed by atoms with E-state index in [1.807, 2.05) is 18.2 Å². The maximum atomic E-state index is 6.06. The van der Waals surface area contributed by atoms with Crippen LogP contribution in [0.15, 0.2) is 24.3 Å². The largest absolute Gasteiger partial charge is 0.359 e. The van der Waals surface area contributed by atoms with E-state index in [0.29, 0.717) is 5.28 Å². The third-order valence-electron chi connectivity index (χ3n) is 4.17. The average molecular weight is 290 g/mol. The number of fused-ring (bicyclic) bond motifs is 1. The van der Waals surface area contributed by atoms with Gasteiger partial charge in [-0.25, -0.2) is 4.98 Å².